The number of amidine groups is 1. The van der Waals surface area contributed by atoms with Crippen molar-refractivity contribution in [3.63, 3.8) is 0 Å². The van der Waals surface area contributed by atoms with Crippen molar-refractivity contribution in [2.24, 2.45) is 21.2 Å². The fraction of sp³-hybridized carbons (Fsp3) is 0. The third-order valence-corrected chi connectivity index (χ3v) is 2.00. The molecule has 0 aliphatic rings. The van der Waals surface area contributed by atoms with Crippen LogP contribution in [0, 0.1) is 0 Å². The van der Waals surface area contributed by atoms with Crippen LogP contribution in [-0.4, -0.2) is 18.1 Å². The normalized spacial score (nSPS) is 13.3. The van der Waals surface area contributed by atoms with Crippen molar-refractivity contribution < 1.29 is 13.0 Å². The Morgan fingerprint density at radius 1 is 1.27 bits per heavy atom. The predicted octanol–water partition coefficient (Wildman–Crippen LogP) is 0.888. The van der Waals surface area contributed by atoms with Crippen LogP contribution < -0.4 is 5.84 Å². The van der Waals surface area contributed by atoms with E-state index in [1.54, 1.807) is 30.3 Å². The quantitative estimate of drug-likeness (QED) is 0.185. The first-order chi connectivity index (χ1) is 7.04. The zero-order chi connectivity index (χ0) is 11.3. The van der Waals surface area contributed by atoms with Gasteiger partial charge in [0.25, 0.3) is 0 Å². The molecule has 0 aliphatic carbocycles. The first-order valence-electron chi connectivity index (χ1n) is 3.76. The monoisotopic (exact) mass is 228 g/mol. The van der Waals surface area contributed by atoms with Crippen LogP contribution in [-0.2, 0) is 10.1 Å². The molecule has 1 aromatic rings. The molecule has 0 bridgehead atoms. The van der Waals surface area contributed by atoms with Crippen LogP contribution in [0.1, 0.15) is 0 Å². The first kappa shape index (κ1) is 11.3. The Morgan fingerprint density at radius 3 is 2.33 bits per heavy atom. The zero-order valence-corrected chi connectivity index (χ0v) is 8.29. The second-order valence-corrected chi connectivity index (χ2v) is 3.74. The van der Waals surface area contributed by atoms with E-state index < -0.39 is 15.3 Å². The van der Waals surface area contributed by atoms with Gasteiger partial charge in [-0.15, -0.1) is 15.3 Å². The molecule has 0 atom stereocenters. The Bertz CT molecular complexity index is 480. The van der Waals surface area contributed by atoms with Crippen LogP contribution in [0.3, 0.4) is 0 Å². The summed E-state index contributed by atoms with van der Waals surface area (Å²) in [6, 6.07) is 8.35. The van der Waals surface area contributed by atoms with Gasteiger partial charge >= 0.3 is 15.3 Å². The molecule has 0 radical (unpaired) electrons. The van der Waals surface area contributed by atoms with Crippen molar-refractivity contribution >= 4 is 21.0 Å². The maximum absolute atomic E-state index is 10.6. The van der Waals surface area contributed by atoms with Gasteiger partial charge in [-0.1, -0.05) is 18.2 Å². The Morgan fingerprint density at radius 2 is 1.87 bits per heavy atom. The van der Waals surface area contributed by atoms with Gasteiger partial charge in [-0.25, -0.2) is 0 Å². The van der Waals surface area contributed by atoms with Crippen molar-refractivity contribution in [3.8, 4) is 0 Å². The number of rotatable bonds is 1. The molecule has 0 heterocycles. The maximum Gasteiger partial charge on any atom is 0.333 e. The fourth-order valence-corrected chi connectivity index (χ4v) is 1.02. The predicted molar refractivity (Wildman–Crippen MR) is 54.1 cm³/mol. The van der Waals surface area contributed by atoms with E-state index in [1.807, 2.05) is 0 Å². The van der Waals surface area contributed by atoms with Crippen molar-refractivity contribution in [3.05, 3.63) is 30.3 Å². The molecule has 7 nitrogen and oxygen atoms in total. The molecule has 15 heavy (non-hydrogen) atoms. The van der Waals surface area contributed by atoms with E-state index in [-0.39, 0.29) is 0 Å². The molecule has 0 saturated heterocycles. The van der Waals surface area contributed by atoms with Crippen molar-refractivity contribution in [2.45, 2.75) is 0 Å². The van der Waals surface area contributed by atoms with E-state index in [0.29, 0.717) is 5.69 Å². The standard InChI is InChI=1S/C7H8N4O3S/c8-9-7(15(12,13)14)11-10-6-4-2-1-3-5-6/h1-5H,8H2,(H,12,13,14). The van der Waals surface area contributed by atoms with Gasteiger partial charge in [0.2, 0.25) is 0 Å². The highest BCUT2D eigenvalue weighted by atomic mass is 32.2. The van der Waals surface area contributed by atoms with Crippen LogP contribution in [0.4, 0.5) is 5.69 Å². The van der Waals surface area contributed by atoms with Crippen molar-refractivity contribution in [1.82, 2.24) is 0 Å². The Balaban J connectivity index is 2.92. The lowest BCUT2D eigenvalue weighted by atomic mass is 10.3. The number of hydrazone groups is 1. The topological polar surface area (TPSA) is 117 Å². The molecular formula is C7H8N4O3S. The Labute approximate surface area is 86.1 Å². The summed E-state index contributed by atoms with van der Waals surface area (Å²) >= 11 is 0. The first-order valence-corrected chi connectivity index (χ1v) is 5.20. The van der Waals surface area contributed by atoms with Crippen molar-refractivity contribution in [1.29, 1.82) is 0 Å². The third-order valence-electron chi connectivity index (χ3n) is 1.35. The summed E-state index contributed by atoms with van der Waals surface area (Å²) < 4.78 is 29.7. The van der Waals surface area contributed by atoms with Gasteiger partial charge in [-0.3, -0.25) is 4.55 Å². The summed E-state index contributed by atoms with van der Waals surface area (Å²) in [5.74, 6) is 4.72. The molecule has 1 rings (SSSR count). The molecule has 80 valence electrons. The molecule has 3 N–H and O–H groups in total. The number of nitrogens with two attached hydrogens (primary N) is 1. The maximum atomic E-state index is 10.6. The van der Waals surface area contributed by atoms with Gasteiger partial charge in [0, 0.05) is 0 Å². The zero-order valence-electron chi connectivity index (χ0n) is 7.48. The molecule has 0 fully saturated rings. The highest BCUT2D eigenvalue weighted by molar-refractivity contribution is 8.01. The number of benzene rings is 1. The van der Waals surface area contributed by atoms with E-state index in [4.69, 9.17) is 10.4 Å². The summed E-state index contributed by atoms with van der Waals surface area (Å²) in [5.41, 5.74) is 0.419. The van der Waals surface area contributed by atoms with Gasteiger partial charge in [-0.2, -0.15) is 8.42 Å². The second kappa shape index (κ2) is 4.62. The SMILES string of the molecule is NN=C(N=Nc1ccccc1)S(=O)(=O)O. The minimum atomic E-state index is -4.52. The lowest BCUT2D eigenvalue weighted by molar-refractivity contribution is 0.497. The van der Waals surface area contributed by atoms with Crippen LogP contribution in [0.5, 0.6) is 0 Å². The van der Waals surface area contributed by atoms with Gasteiger partial charge in [-0.05, 0) is 12.1 Å². The molecule has 0 spiro atoms. The lowest BCUT2D eigenvalue weighted by Gasteiger charge is -1.92. The number of nitrogens with zero attached hydrogens (tertiary/aromatic N) is 3. The Kier molecular flexibility index (Phi) is 3.47. The van der Waals surface area contributed by atoms with E-state index in [0.717, 1.165) is 0 Å². The Hall–Kier alpha value is -1.80. The molecule has 8 heteroatoms. The highest BCUT2D eigenvalue weighted by Gasteiger charge is 2.14. The third kappa shape index (κ3) is 3.44. The van der Waals surface area contributed by atoms with Gasteiger partial charge in [0.15, 0.2) is 0 Å². The fourth-order valence-electron chi connectivity index (χ4n) is 0.739. The number of hydrogen-bond donors (Lipinski definition) is 2. The van der Waals surface area contributed by atoms with Gasteiger partial charge < -0.3 is 5.84 Å². The molecule has 0 amide bonds. The van der Waals surface area contributed by atoms with E-state index in [1.165, 1.54) is 0 Å². The summed E-state index contributed by atoms with van der Waals surface area (Å²) in [5, 5.41) is 8.57. The molecule has 0 aliphatic heterocycles. The minimum absolute atomic E-state index is 0.419. The van der Waals surface area contributed by atoms with Crippen molar-refractivity contribution in [2.75, 3.05) is 0 Å². The van der Waals surface area contributed by atoms with Crippen LogP contribution in [0.15, 0.2) is 45.7 Å². The molecule has 0 aromatic heterocycles. The largest absolute Gasteiger partial charge is 0.333 e. The van der Waals surface area contributed by atoms with E-state index in [9.17, 15) is 8.42 Å². The smallest absolute Gasteiger partial charge is 0.320 e. The minimum Gasteiger partial charge on any atom is -0.320 e. The van der Waals surface area contributed by atoms with E-state index in [2.05, 4.69) is 15.3 Å². The summed E-state index contributed by atoms with van der Waals surface area (Å²) in [7, 11) is -4.52. The highest BCUT2D eigenvalue weighted by Crippen LogP contribution is 2.10. The summed E-state index contributed by atoms with van der Waals surface area (Å²) in [4.78, 5) is 0. The van der Waals surface area contributed by atoms with Crippen LogP contribution >= 0.6 is 0 Å². The van der Waals surface area contributed by atoms with Gasteiger partial charge in [0.05, 0.1) is 5.69 Å². The summed E-state index contributed by atoms with van der Waals surface area (Å²) in [6.45, 7) is 0. The van der Waals surface area contributed by atoms with Crippen LogP contribution in [0.25, 0.3) is 0 Å². The van der Waals surface area contributed by atoms with E-state index >= 15 is 0 Å². The average molecular weight is 228 g/mol. The van der Waals surface area contributed by atoms with Gasteiger partial charge in [0.1, 0.15) is 0 Å². The average Bonchev–Trinajstić information content (AvgIpc) is 2.18. The molecule has 0 saturated carbocycles. The van der Waals surface area contributed by atoms with Crippen LogP contribution in [0.2, 0.25) is 0 Å². The lowest BCUT2D eigenvalue weighted by Crippen LogP contribution is -2.12. The second-order valence-electron chi connectivity index (χ2n) is 2.42. The molecule has 0 unspecified atom stereocenters. The molecular weight excluding hydrogens is 220 g/mol. The number of azo groups is 1. The number of hydrogen-bond acceptors (Lipinski definition) is 5. The molecule has 1 aromatic carbocycles. The summed E-state index contributed by atoms with van der Waals surface area (Å²) in [6.07, 6.45) is 0.